The van der Waals surface area contributed by atoms with Crippen LogP contribution in [0.1, 0.15) is 32.2 Å². The molecule has 0 amide bonds. The van der Waals surface area contributed by atoms with Crippen LogP contribution in [0.25, 0.3) is 5.69 Å². The Morgan fingerprint density at radius 2 is 2.06 bits per heavy atom. The van der Waals surface area contributed by atoms with Crippen LogP contribution in [-0.2, 0) is 5.41 Å². The summed E-state index contributed by atoms with van der Waals surface area (Å²) >= 11 is 0. The Morgan fingerprint density at radius 1 is 1.33 bits per heavy atom. The van der Waals surface area contributed by atoms with E-state index in [2.05, 4.69) is 15.5 Å². The average molecular weight is 242 g/mol. The van der Waals surface area contributed by atoms with E-state index in [0.717, 1.165) is 5.82 Å². The van der Waals surface area contributed by atoms with Crippen LogP contribution in [0.3, 0.4) is 0 Å². The predicted octanol–water partition coefficient (Wildman–Crippen LogP) is 1.41. The van der Waals surface area contributed by atoms with Gasteiger partial charge in [-0.25, -0.2) is 0 Å². The SMILES string of the molecule is CC(C)(C)c1nnnn1-c1ccc(C#N)cc1N. The molecule has 6 nitrogen and oxygen atoms in total. The van der Waals surface area contributed by atoms with Gasteiger partial charge in [0.05, 0.1) is 23.0 Å². The van der Waals surface area contributed by atoms with Crippen LogP contribution < -0.4 is 5.73 Å². The Morgan fingerprint density at radius 3 is 2.61 bits per heavy atom. The number of aromatic nitrogens is 4. The zero-order valence-electron chi connectivity index (χ0n) is 10.5. The maximum Gasteiger partial charge on any atom is 0.162 e. The highest BCUT2D eigenvalue weighted by atomic mass is 15.5. The molecule has 2 N–H and O–H groups in total. The van der Waals surface area contributed by atoms with Gasteiger partial charge in [0.1, 0.15) is 0 Å². The van der Waals surface area contributed by atoms with Gasteiger partial charge in [-0.3, -0.25) is 0 Å². The molecule has 0 saturated heterocycles. The van der Waals surface area contributed by atoms with Crippen LogP contribution >= 0.6 is 0 Å². The number of nitrogens with two attached hydrogens (primary N) is 1. The molecular formula is C12H14N6. The van der Waals surface area contributed by atoms with E-state index >= 15 is 0 Å². The molecule has 2 rings (SSSR count). The Kier molecular flexibility index (Phi) is 2.75. The lowest BCUT2D eigenvalue weighted by molar-refractivity contribution is 0.526. The number of hydrogen-bond donors (Lipinski definition) is 1. The lowest BCUT2D eigenvalue weighted by Gasteiger charge is -2.17. The maximum atomic E-state index is 8.81. The maximum absolute atomic E-state index is 8.81. The summed E-state index contributed by atoms with van der Waals surface area (Å²) in [5.74, 6) is 0.721. The van der Waals surface area contributed by atoms with Crippen molar-refractivity contribution in [2.24, 2.45) is 0 Å². The molecule has 92 valence electrons. The molecule has 0 atom stereocenters. The standard InChI is InChI=1S/C12H14N6/c1-12(2,3)11-15-16-17-18(11)10-5-4-8(7-13)6-9(10)14/h4-6H,14H2,1-3H3. The third-order valence-corrected chi connectivity index (χ3v) is 2.53. The second-order valence-electron chi connectivity index (χ2n) is 5.05. The number of benzene rings is 1. The van der Waals surface area contributed by atoms with Crippen LogP contribution in [0.2, 0.25) is 0 Å². The number of rotatable bonds is 1. The molecule has 0 aliphatic carbocycles. The Hall–Kier alpha value is -2.42. The monoisotopic (exact) mass is 242 g/mol. The fourth-order valence-electron chi connectivity index (χ4n) is 1.63. The van der Waals surface area contributed by atoms with Crippen molar-refractivity contribution >= 4 is 5.69 Å². The summed E-state index contributed by atoms with van der Waals surface area (Å²) in [5.41, 5.74) is 7.42. The van der Waals surface area contributed by atoms with Crippen molar-refractivity contribution in [3.8, 4) is 11.8 Å². The Balaban J connectivity index is 2.57. The highest BCUT2D eigenvalue weighted by molar-refractivity contribution is 5.60. The van der Waals surface area contributed by atoms with E-state index in [9.17, 15) is 0 Å². The quantitative estimate of drug-likeness (QED) is 0.763. The summed E-state index contributed by atoms with van der Waals surface area (Å²) in [6, 6.07) is 7.10. The van der Waals surface area contributed by atoms with Gasteiger partial charge >= 0.3 is 0 Å². The minimum Gasteiger partial charge on any atom is -0.397 e. The van der Waals surface area contributed by atoms with Crippen molar-refractivity contribution < 1.29 is 0 Å². The van der Waals surface area contributed by atoms with Gasteiger partial charge in [0.15, 0.2) is 5.82 Å². The summed E-state index contributed by atoms with van der Waals surface area (Å²) in [4.78, 5) is 0. The normalized spacial score (nSPS) is 11.2. The van der Waals surface area contributed by atoms with Crippen LogP contribution in [0.4, 0.5) is 5.69 Å². The summed E-state index contributed by atoms with van der Waals surface area (Å²) in [5, 5.41) is 20.5. The molecule has 0 unspecified atom stereocenters. The lowest BCUT2D eigenvalue weighted by atomic mass is 9.95. The van der Waals surface area contributed by atoms with E-state index in [4.69, 9.17) is 11.0 Å². The fourth-order valence-corrected chi connectivity index (χ4v) is 1.63. The van der Waals surface area contributed by atoms with Crippen molar-refractivity contribution in [3.63, 3.8) is 0 Å². The highest BCUT2D eigenvalue weighted by Crippen LogP contribution is 2.24. The summed E-state index contributed by atoms with van der Waals surface area (Å²) in [6.45, 7) is 6.07. The molecule has 18 heavy (non-hydrogen) atoms. The molecule has 0 fully saturated rings. The number of nitrogens with zero attached hydrogens (tertiary/aromatic N) is 5. The Bertz CT molecular complexity index is 614. The van der Waals surface area contributed by atoms with E-state index in [1.165, 1.54) is 0 Å². The first kappa shape index (κ1) is 12.0. The van der Waals surface area contributed by atoms with Gasteiger partial charge < -0.3 is 5.73 Å². The molecule has 2 aromatic rings. The fraction of sp³-hybridized carbons (Fsp3) is 0.333. The first-order valence-corrected chi connectivity index (χ1v) is 5.52. The molecule has 6 heteroatoms. The van der Waals surface area contributed by atoms with Gasteiger partial charge in [0.25, 0.3) is 0 Å². The second-order valence-corrected chi connectivity index (χ2v) is 5.05. The van der Waals surface area contributed by atoms with Crippen molar-refractivity contribution in [3.05, 3.63) is 29.6 Å². The van der Waals surface area contributed by atoms with Gasteiger partial charge in [-0.05, 0) is 28.6 Å². The molecular weight excluding hydrogens is 228 g/mol. The molecule has 0 radical (unpaired) electrons. The van der Waals surface area contributed by atoms with E-state index in [1.807, 2.05) is 26.8 Å². The number of nitrogen functional groups attached to an aromatic ring is 1. The minimum atomic E-state index is -0.191. The molecule has 1 aromatic carbocycles. The van der Waals surface area contributed by atoms with Crippen molar-refractivity contribution in [1.29, 1.82) is 5.26 Å². The molecule has 1 heterocycles. The van der Waals surface area contributed by atoms with Gasteiger partial charge in [-0.15, -0.1) is 5.10 Å². The molecule has 0 aliphatic heterocycles. The van der Waals surface area contributed by atoms with Crippen molar-refractivity contribution in [1.82, 2.24) is 20.2 Å². The van der Waals surface area contributed by atoms with Crippen LogP contribution in [0.5, 0.6) is 0 Å². The molecule has 0 spiro atoms. The van der Waals surface area contributed by atoms with Gasteiger partial charge in [-0.2, -0.15) is 9.94 Å². The van der Waals surface area contributed by atoms with E-state index < -0.39 is 0 Å². The third kappa shape index (κ3) is 2.02. The third-order valence-electron chi connectivity index (χ3n) is 2.53. The zero-order chi connectivity index (χ0) is 13.3. The summed E-state index contributed by atoms with van der Waals surface area (Å²) < 4.78 is 1.61. The van der Waals surface area contributed by atoms with Crippen LogP contribution in [-0.4, -0.2) is 20.2 Å². The smallest absolute Gasteiger partial charge is 0.162 e. The second kappa shape index (κ2) is 4.11. The molecule has 0 aliphatic rings. The molecule has 1 aromatic heterocycles. The minimum absolute atomic E-state index is 0.191. The number of nitriles is 1. The summed E-state index contributed by atoms with van der Waals surface area (Å²) in [7, 11) is 0. The topological polar surface area (TPSA) is 93.4 Å². The first-order valence-electron chi connectivity index (χ1n) is 5.52. The van der Waals surface area contributed by atoms with E-state index in [1.54, 1.807) is 22.9 Å². The average Bonchev–Trinajstić information content (AvgIpc) is 2.77. The first-order chi connectivity index (χ1) is 8.43. The highest BCUT2D eigenvalue weighted by Gasteiger charge is 2.23. The summed E-state index contributed by atoms with van der Waals surface area (Å²) in [6.07, 6.45) is 0. The molecule has 0 bridgehead atoms. The number of hydrogen-bond acceptors (Lipinski definition) is 5. The lowest BCUT2D eigenvalue weighted by Crippen LogP contribution is -2.19. The van der Waals surface area contributed by atoms with Crippen molar-refractivity contribution in [2.75, 3.05) is 5.73 Å². The van der Waals surface area contributed by atoms with Gasteiger partial charge in [-0.1, -0.05) is 20.8 Å². The van der Waals surface area contributed by atoms with E-state index in [0.29, 0.717) is 16.9 Å². The van der Waals surface area contributed by atoms with Gasteiger partial charge in [0.2, 0.25) is 0 Å². The molecule has 0 saturated carbocycles. The van der Waals surface area contributed by atoms with E-state index in [-0.39, 0.29) is 5.41 Å². The number of tetrazole rings is 1. The predicted molar refractivity (Wildman–Crippen MR) is 67.0 cm³/mol. The zero-order valence-corrected chi connectivity index (χ0v) is 10.5. The van der Waals surface area contributed by atoms with Gasteiger partial charge in [0, 0.05) is 5.41 Å². The number of anilines is 1. The van der Waals surface area contributed by atoms with Crippen LogP contribution in [0.15, 0.2) is 18.2 Å². The van der Waals surface area contributed by atoms with Crippen molar-refractivity contribution in [2.45, 2.75) is 26.2 Å². The van der Waals surface area contributed by atoms with Crippen LogP contribution in [0, 0.1) is 11.3 Å². The largest absolute Gasteiger partial charge is 0.397 e. The Labute approximate surface area is 105 Å².